The van der Waals surface area contributed by atoms with Gasteiger partial charge in [0.2, 0.25) is 5.95 Å². The Kier molecular flexibility index (Phi) is 6.29. The molecule has 1 aliphatic carbocycles. The summed E-state index contributed by atoms with van der Waals surface area (Å²) < 4.78 is 0. The second kappa shape index (κ2) is 8.66. The van der Waals surface area contributed by atoms with Gasteiger partial charge in [-0.2, -0.15) is 4.98 Å². The lowest BCUT2D eigenvalue weighted by atomic mass is 10.1. The summed E-state index contributed by atoms with van der Waals surface area (Å²) >= 11 is 0. The molecule has 0 atom stereocenters. The van der Waals surface area contributed by atoms with Crippen molar-refractivity contribution >= 4 is 24.2 Å². The molecule has 1 saturated heterocycles. The normalized spacial score (nSPS) is 17.7. The monoisotopic (exact) mass is 374 g/mol. The van der Waals surface area contributed by atoms with Crippen molar-refractivity contribution in [3.05, 3.63) is 47.7 Å². The van der Waals surface area contributed by atoms with Gasteiger partial charge in [-0.15, -0.1) is 12.4 Å². The van der Waals surface area contributed by atoms with E-state index < -0.39 is 0 Å². The lowest BCUT2D eigenvalue weighted by Crippen LogP contribution is -2.48. The van der Waals surface area contributed by atoms with Crippen molar-refractivity contribution in [3.8, 4) is 0 Å². The third-order valence-electron chi connectivity index (χ3n) is 5.17. The van der Waals surface area contributed by atoms with E-state index in [1.807, 2.05) is 12.3 Å². The van der Waals surface area contributed by atoms with Gasteiger partial charge >= 0.3 is 0 Å². The highest BCUT2D eigenvalue weighted by Gasteiger charge is 2.22. The van der Waals surface area contributed by atoms with E-state index in [0.717, 1.165) is 63.9 Å². The van der Waals surface area contributed by atoms with Crippen LogP contribution in [0.5, 0.6) is 0 Å². The van der Waals surface area contributed by atoms with Crippen LogP contribution in [0.2, 0.25) is 0 Å². The van der Waals surface area contributed by atoms with Crippen LogP contribution in [0, 0.1) is 0 Å². The number of piperazine rings is 1. The zero-order valence-electron chi connectivity index (χ0n) is 15.0. The SMILES string of the molecule is Cl.NCCN1CCN(c2ccnc(NC3Cc4ccccc4C3)n2)CC1. The molecule has 0 unspecified atom stereocenters. The minimum absolute atomic E-state index is 0. The molecule has 3 N–H and O–H groups in total. The maximum Gasteiger partial charge on any atom is 0.224 e. The largest absolute Gasteiger partial charge is 0.354 e. The van der Waals surface area contributed by atoms with Crippen molar-refractivity contribution in [3.63, 3.8) is 0 Å². The number of nitrogens with one attached hydrogen (secondary N) is 1. The second-order valence-electron chi connectivity index (χ2n) is 6.87. The minimum Gasteiger partial charge on any atom is -0.354 e. The van der Waals surface area contributed by atoms with Gasteiger partial charge in [-0.3, -0.25) is 4.90 Å². The quantitative estimate of drug-likeness (QED) is 0.827. The highest BCUT2D eigenvalue weighted by atomic mass is 35.5. The number of aromatic nitrogens is 2. The molecule has 2 aliphatic rings. The average molecular weight is 375 g/mol. The first-order chi connectivity index (χ1) is 12.3. The average Bonchev–Trinajstić information content (AvgIpc) is 3.05. The van der Waals surface area contributed by atoms with Crippen LogP contribution in [0.25, 0.3) is 0 Å². The molecule has 0 amide bonds. The number of nitrogens with two attached hydrogens (primary N) is 1. The van der Waals surface area contributed by atoms with Gasteiger partial charge in [-0.25, -0.2) is 4.98 Å². The predicted molar refractivity (Wildman–Crippen MR) is 108 cm³/mol. The van der Waals surface area contributed by atoms with Crippen molar-refractivity contribution in [1.29, 1.82) is 0 Å². The Bertz CT molecular complexity index is 692. The molecule has 1 aromatic heterocycles. The molecule has 0 spiro atoms. The molecule has 140 valence electrons. The van der Waals surface area contributed by atoms with Crippen LogP contribution >= 0.6 is 12.4 Å². The zero-order valence-corrected chi connectivity index (χ0v) is 15.8. The van der Waals surface area contributed by atoms with E-state index in [1.165, 1.54) is 11.1 Å². The fraction of sp³-hybridized carbons (Fsp3) is 0.474. The highest BCUT2D eigenvalue weighted by Crippen LogP contribution is 2.24. The second-order valence-corrected chi connectivity index (χ2v) is 6.87. The van der Waals surface area contributed by atoms with Gasteiger partial charge in [-0.05, 0) is 30.0 Å². The van der Waals surface area contributed by atoms with E-state index in [1.54, 1.807) is 0 Å². The van der Waals surface area contributed by atoms with Gasteiger partial charge in [0.1, 0.15) is 5.82 Å². The Balaban J connectivity index is 0.00000196. The third kappa shape index (κ3) is 4.26. The molecule has 4 rings (SSSR count). The van der Waals surface area contributed by atoms with Crippen molar-refractivity contribution in [2.75, 3.05) is 49.5 Å². The molecular weight excluding hydrogens is 348 g/mol. The minimum atomic E-state index is 0. The van der Waals surface area contributed by atoms with Crippen molar-refractivity contribution in [2.24, 2.45) is 5.73 Å². The molecule has 2 heterocycles. The van der Waals surface area contributed by atoms with E-state index in [2.05, 4.69) is 44.4 Å². The number of fused-ring (bicyclic) bond motifs is 1. The first kappa shape index (κ1) is 18.9. The number of hydrogen-bond donors (Lipinski definition) is 2. The van der Waals surface area contributed by atoms with Crippen LogP contribution in [0.1, 0.15) is 11.1 Å². The van der Waals surface area contributed by atoms with E-state index in [-0.39, 0.29) is 12.4 Å². The molecule has 0 saturated carbocycles. The number of nitrogens with zero attached hydrogens (tertiary/aromatic N) is 4. The fourth-order valence-corrected chi connectivity index (χ4v) is 3.82. The van der Waals surface area contributed by atoms with Gasteiger partial charge in [0, 0.05) is 51.5 Å². The fourth-order valence-electron chi connectivity index (χ4n) is 3.82. The molecule has 0 radical (unpaired) electrons. The van der Waals surface area contributed by atoms with Gasteiger partial charge in [0.05, 0.1) is 0 Å². The molecule has 7 heteroatoms. The Morgan fingerprint density at radius 1 is 1.04 bits per heavy atom. The zero-order chi connectivity index (χ0) is 17.1. The predicted octanol–water partition coefficient (Wildman–Crippen LogP) is 1.56. The van der Waals surface area contributed by atoms with Gasteiger partial charge in [-0.1, -0.05) is 24.3 Å². The van der Waals surface area contributed by atoms with Crippen LogP contribution < -0.4 is 16.0 Å². The number of rotatable bonds is 5. The Morgan fingerprint density at radius 3 is 2.38 bits per heavy atom. The first-order valence-corrected chi connectivity index (χ1v) is 9.15. The van der Waals surface area contributed by atoms with Crippen LogP contribution in [0.4, 0.5) is 11.8 Å². The molecule has 26 heavy (non-hydrogen) atoms. The lowest BCUT2D eigenvalue weighted by molar-refractivity contribution is 0.264. The molecule has 0 bridgehead atoms. The summed E-state index contributed by atoms with van der Waals surface area (Å²) in [6.45, 7) is 5.78. The Morgan fingerprint density at radius 2 is 1.73 bits per heavy atom. The lowest BCUT2D eigenvalue weighted by Gasteiger charge is -2.35. The van der Waals surface area contributed by atoms with E-state index >= 15 is 0 Å². The smallest absolute Gasteiger partial charge is 0.224 e. The standard InChI is InChI=1S/C19H26N6.ClH/c20-6-8-24-9-11-25(12-10-24)18-5-7-21-19(23-18)22-17-13-15-3-1-2-4-16(15)14-17;/h1-5,7,17H,6,8-14,20H2,(H,21,22,23);1H. The van der Waals surface area contributed by atoms with Crippen molar-refractivity contribution < 1.29 is 0 Å². The third-order valence-corrected chi connectivity index (χ3v) is 5.17. The molecule has 1 aromatic carbocycles. The summed E-state index contributed by atoms with van der Waals surface area (Å²) in [6.07, 6.45) is 3.95. The maximum atomic E-state index is 5.65. The maximum absolute atomic E-state index is 5.65. The molecule has 1 fully saturated rings. The summed E-state index contributed by atoms with van der Waals surface area (Å²) in [6, 6.07) is 11.1. The van der Waals surface area contributed by atoms with E-state index in [4.69, 9.17) is 10.7 Å². The first-order valence-electron chi connectivity index (χ1n) is 9.15. The van der Waals surface area contributed by atoms with Crippen molar-refractivity contribution in [2.45, 2.75) is 18.9 Å². The van der Waals surface area contributed by atoms with Gasteiger partial charge < -0.3 is 16.0 Å². The summed E-state index contributed by atoms with van der Waals surface area (Å²) in [5, 5.41) is 3.52. The number of halogens is 1. The van der Waals surface area contributed by atoms with E-state index in [9.17, 15) is 0 Å². The highest BCUT2D eigenvalue weighted by molar-refractivity contribution is 5.85. The van der Waals surface area contributed by atoms with Crippen LogP contribution in [0.15, 0.2) is 36.5 Å². The van der Waals surface area contributed by atoms with E-state index in [0.29, 0.717) is 6.04 Å². The number of anilines is 2. The summed E-state index contributed by atoms with van der Waals surface area (Å²) in [4.78, 5) is 13.9. The van der Waals surface area contributed by atoms with Gasteiger partial charge in [0.25, 0.3) is 0 Å². The summed E-state index contributed by atoms with van der Waals surface area (Å²) in [5.41, 5.74) is 8.52. The number of benzene rings is 1. The topological polar surface area (TPSA) is 70.3 Å². The summed E-state index contributed by atoms with van der Waals surface area (Å²) in [7, 11) is 0. The van der Waals surface area contributed by atoms with Crippen LogP contribution in [0.3, 0.4) is 0 Å². The molecule has 1 aliphatic heterocycles. The molecule has 6 nitrogen and oxygen atoms in total. The Labute approximate surface area is 161 Å². The Hall–Kier alpha value is -1.89. The van der Waals surface area contributed by atoms with Crippen molar-refractivity contribution in [1.82, 2.24) is 14.9 Å². The van der Waals surface area contributed by atoms with Crippen LogP contribution in [-0.2, 0) is 12.8 Å². The van der Waals surface area contributed by atoms with Gasteiger partial charge in [0.15, 0.2) is 0 Å². The molecular formula is C19H27ClN6. The molecule has 2 aromatic rings. The van der Waals surface area contributed by atoms with Crippen LogP contribution in [-0.4, -0.2) is 60.2 Å². The summed E-state index contributed by atoms with van der Waals surface area (Å²) in [5.74, 6) is 1.75. The number of hydrogen-bond acceptors (Lipinski definition) is 6.